The molecule has 2 rings (SSSR count). The molecular weight excluding hydrogens is 305 g/mol. The van der Waals surface area contributed by atoms with E-state index in [2.05, 4.69) is 9.97 Å². The average Bonchev–Trinajstić information content (AvgIpc) is 2.37. The third kappa shape index (κ3) is 3.44. The monoisotopic (exact) mass is 316 g/mol. The van der Waals surface area contributed by atoms with Crippen LogP contribution in [0.3, 0.4) is 0 Å². The van der Waals surface area contributed by atoms with Gasteiger partial charge in [-0.05, 0) is 18.1 Å². The first-order valence-electron chi connectivity index (χ1n) is 6.15. The number of hydrogen-bond donors (Lipinski definition) is 0. The summed E-state index contributed by atoms with van der Waals surface area (Å²) in [6.07, 6.45) is -3.36. The van der Waals surface area contributed by atoms with Crippen molar-refractivity contribution in [2.75, 3.05) is 0 Å². The van der Waals surface area contributed by atoms with Gasteiger partial charge in [0.25, 0.3) is 0 Å². The third-order valence-corrected chi connectivity index (χ3v) is 3.08. The summed E-state index contributed by atoms with van der Waals surface area (Å²) in [6, 6.07) is 4.95. The summed E-state index contributed by atoms with van der Waals surface area (Å²) in [7, 11) is 0. The maximum Gasteiger partial charge on any atom is 0.419 e. The predicted octanol–water partition coefficient (Wildman–Crippen LogP) is 5.06. The van der Waals surface area contributed by atoms with Crippen molar-refractivity contribution in [1.82, 2.24) is 9.97 Å². The summed E-state index contributed by atoms with van der Waals surface area (Å²) >= 11 is 5.97. The first-order valence-corrected chi connectivity index (χ1v) is 6.53. The van der Waals surface area contributed by atoms with Crippen molar-refractivity contribution in [2.24, 2.45) is 0 Å². The van der Waals surface area contributed by atoms with Crippen LogP contribution in [-0.4, -0.2) is 9.97 Å². The minimum absolute atomic E-state index is 0.0294. The highest BCUT2D eigenvalue weighted by Gasteiger charge is 2.34. The van der Waals surface area contributed by atoms with Gasteiger partial charge in [-0.3, -0.25) is 0 Å². The Morgan fingerprint density at radius 2 is 1.81 bits per heavy atom. The molecule has 0 bridgehead atoms. The summed E-state index contributed by atoms with van der Waals surface area (Å²) in [5, 5.41) is 0.166. The number of para-hydroxylation sites is 1. The van der Waals surface area contributed by atoms with Crippen molar-refractivity contribution in [3.63, 3.8) is 0 Å². The Morgan fingerprint density at radius 3 is 2.43 bits per heavy atom. The average molecular weight is 317 g/mol. The van der Waals surface area contributed by atoms with Crippen LogP contribution in [0.15, 0.2) is 30.6 Å². The molecule has 0 aliphatic heterocycles. The molecule has 0 aliphatic carbocycles. The van der Waals surface area contributed by atoms with Gasteiger partial charge in [-0.25, -0.2) is 9.97 Å². The maximum atomic E-state index is 13.0. The van der Waals surface area contributed by atoms with Crippen LogP contribution < -0.4 is 4.74 Å². The number of nitrogens with zero attached hydrogens (tertiary/aromatic N) is 2. The molecule has 7 heteroatoms. The molecule has 0 atom stereocenters. The van der Waals surface area contributed by atoms with Gasteiger partial charge in [-0.1, -0.05) is 37.6 Å². The largest absolute Gasteiger partial charge is 0.438 e. The number of alkyl halides is 3. The number of rotatable bonds is 3. The van der Waals surface area contributed by atoms with Crippen LogP contribution in [0.1, 0.15) is 30.9 Å². The van der Waals surface area contributed by atoms with Gasteiger partial charge in [0.05, 0.1) is 11.1 Å². The van der Waals surface area contributed by atoms with Crippen molar-refractivity contribution in [3.05, 3.63) is 46.9 Å². The number of halogens is 4. The van der Waals surface area contributed by atoms with Crippen LogP contribution in [0.25, 0.3) is 0 Å². The highest BCUT2D eigenvalue weighted by atomic mass is 35.5. The zero-order chi connectivity index (χ0) is 15.6. The number of benzene rings is 1. The molecule has 2 aromatic rings. The summed E-state index contributed by atoms with van der Waals surface area (Å²) < 4.78 is 44.2. The summed E-state index contributed by atoms with van der Waals surface area (Å²) in [6.45, 7) is 3.65. The molecule has 0 amide bonds. The van der Waals surface area contributed by atoms with Gasteiger partial charge in [0.1, 0.15) is 17.2 Å². The maximum absolute atomic E-state index is 13.0. The van der Waals surface area contributed by atoms with Gasteiger partial charge in [0.15, 0.2) is 0 Å². The Hall–Kier alpha value is -1.82. The predicted molar refractivity (Wildman–Crippen MR) is 72.6 cm³/mol. The first-order chi connectivity index (χ1) is 9.80. The topological polar surface area (TPSA) is 35.0 Å². The molecule has 0 saturated heterocycles. The van der Waals surface area contributed by atoms with E-state index in [-0.39, 0.29) is 22.7 Å². The van der Waals surface area contributed by atoms with E-state index >= 15 is 0 Å². The summed E-state index contributed by atoms with van der Waals surface area (Å²) in [4.78, 5) is 7.72. The molecule has 1 aromatic carbocycles. The van der Waals surface area contributed by atoms with Crippen molar-refractivity contribution >= 4 is 11.6 Å². The highest BCUT2D eigenvalue weighted by Crippen LogP contribution is 2.39. The molecule has 3 nitrogen and oxygen atoms in total. The van der Waals surface area contributed by atoms with Crippen LogP contribution in [0.5, 0.6) is 11.6 Å². The minimum Gasteiger partial charge on any atom is -0.438 e. The lowest BCUT2D eigenvalue weighted by molar-refractivity contribution is -0.138. The molecule has 0 radical (unpaired) electrons. The number of ether oxygens (including phenoxy) is 1. The highest BCUT2D eigenvalue weighted by molar-refractivity contribution is 6.30. The lowest BCUT2D eigenvalue weighted by Crippen LogP contribution is -2.08. The molecule has 0 aliphatic rings. The van der Waals surface area contributed by atoms with Crippen molar-refractivity contribution < 1.29 is 17.9 Å². The lowest BCUT2D eigenvalue weighted by Gasteiger charge is -2.16. The van der Waals surface area contributed by atoms with Gasteiger partial charge < -0.3 is 4.74 Å². The van der Waals surface area contributed by atoms with Crippen LogP contribution >= 0.6 is 11.6 Å². The van der Waals surface area contributed by atoms with Crippen LogP contribution in [0, 0.1) is 0 Å². The normalized spacial score (nSPS) is 11.8. The number of aromatic nitrogens is 2. The molecule has 0 spiro atoms. The summed E-state index contributed by atoms with van der Waals surface area (Å²) in [5.41, 5.74) is -0.398. The second-order valence-corrected chi connectivity index (χ2v) is 4.99. The van der Waals surface area contributed by atoms with Gasteiger partial charge >= 0.3 is 6.18 Å². The Bertz CT molecular complexity index is 644. The number of hydrogen-bond acceptors (Lipinski definition) is 3. The van der Waals surface area contributed by atoms with E-state index in [1.54, 1.807) is 0 Å². The van der Waals surface area contributed by atoms with Gasteiger partial charge in [-0.15, -0.1) is 0 Å². The fourth-order valence-electron chi connectivity index (χ4n) is 1.82. The van der Waals surface area contributed by atoms with E-state index in [4.69, 9.17) is 16.3 Å². The lowest BCUT2D eigenvalue weighted by atomic mass is 10.1. The molecule has 0 N–H and O–H groups in total. The van der Waals surface area contributed by atoms with E-state index in [1.807, 2.05) is 13.8 Å². The van der Waals surface area contributed by atoms with Crippen LogP contribution in [0.4, 0.5) is 13.2 Å². The van der Waals surface area contributed by atoms with Crippen LogP contribution in [-0.2, 0) is 6.18 Å². The Kier molecular flexibility index (Phi) is 4.37. The molecule has 112 valence electrons. The van der Waals surface area contributed by atoms with Gasteiger partial charge in [0.2, 0.25) is 5.88 Å². The van der Waals surface area contributed by atoms with Gasteiger partial charge in [-0.2, -0.15) is 13.2 Å². The molecular formula is C14H12ClF3N2O. The summed E-state index contributed by atoms with van der Waals surface area (Å²) in [5.74, 6) is -0.380. The van der Waals surface area contributed by atoms with E-state index in [9.17, 15) is 13.2 Å². The zero-order valence-electron chi connectivity index (χ0n) is 11.3. The molecule has 0 fully saturated rings. The molecule has 1 heterocycles. The van der Waals surface area contributed by atoms with Crippen molar-refractivity contribution in [1.29, 1.82) is 0 Å². The minimum atomic E-state index is -4.51. The molecule has 0 saturated carbocycles. The molecule has 0 unspecified atom stereocenters. The second-order valence-electron chi connectivity index (χ2n) is 4.63. The standard InChI is InChI=1S/C14H12ClF3N2O/c1-8(2)11-12(15)19-7-20-13(11)21-10-6-4-3-5-9(10)14(16,17)18/h3-8H,1-2H3. The quantitative estimate of drug-likeness (QED) is 0.742. The van der Waals surface area contributed by atoms with E-state index in [1.165, 1.54) is 18.2 Å². The smallest absolute Gasteiger partial charge is 0.419 e. The second kappa shape index (κ2) is 5.89. The Morgan fingerprint density at radius 1 is 1.14 bits per heavy atom. The van der Waals surface area contributed by atoms with Crippen LogP contribution in [0.2, 0.25) is 5.15 Å². The van der Waals surface area contributed by atoms with E-state index in [0.29, 0.717) is 5.56 Å². The Labute approximate surface area is 124 Å². The van der Waals surface area contributed by atoms with Crippen molar-refractivity contribution in [3.8, 4) is 11.6 Å². The van der Waals surface area contributed by atoms with Gasteiger partial charge in [0, 0.05) is 0 Å². The first kappa shape index (κ1) is 15.6. The van der Waals surface area contributed by atoms with E-state index < -0.39 is 11.7 Å². The molecule has 1 aromatic heterocycles. The fourth-order valence-corrected chi connectivity index (χ4v) is 2.16. The third-order valence-electron chi connectivity index (χ3n) is 2.78. The van der Waals surface area contributed by atoms with Crippen molar-refractivity contribution in [2.45, 2.75) is 25.9 Å². The zero-order valence-corrected chi connectivity index (χ0v) is 12.0. The fraction of sp³-hybridized carbons (Fsp3) is 0.286. The Balaban J connectivity index is 2.47. The molecule has 21 heavy (non-hydrogen) atoms. The SMILES string of the molecule is CC(C)c1c(Cl)ncnc1Oc1ccccc1C(F)(F)F. The van der Waals surface area contributed by atoms with E-state index in [0.717, 1.165) is 12.4 Å².